The van der Waals surface area contributed by atoms with Crippen molar-refractivity contribution in [2.45, 2.75) is 45.7 Å². The van der Waals surface area contributed by atoms with Gasteiger partial charge in [0.05, 0.1) is 24.9 Å². The molecule has 146 valence electrons. The van der Waals surface area contributed by atoms with Crippen LogP contribution in [0.3, 0.4) is 0 Å². The summed E-state index contributed by atoms with van der Waals surface area (Å²) in [6, 6.07) is 3.83. The van der Waals surface area contributed by atoms with Crippen molar-refractivity contribution in [3.8, 4) is 11.5 Å². The van der Waals surface area contributed by atoms with Crippen LogP contribution in [0.4, 0.5) is 0 Å². The molecule has 1 aromatic heterocycles. The predicted octanol–water partition coefficient (Wildman–Crippen LogP) is 3.30. The first kappa shape index (κ1) is 19.7. The third-order valence-corrected chi connectivity index (χ3v) is 5.04. The molecule has 1 aliphatic rings. The molecule has 0 saturated carbocycles. The zero-order valence-corrected chi connectivity index (χ0v) is 17.2. The molecule has 0 radical (unpaired) electrons. The molecule has 0 unspecified atom stereocenters. The van der Waals surface area contributed by atoms with Crippen LogP contribution in [-0.2, 0) is 24.9 Å². The van der Waals surface area contributed by atoms with E-state index >= 15 is 0 Å². The molecule has 0 saturated heterocycles. The lowest BCUT2D eigenvalue weighted by Crippen LogP contribution is -2.36. The van der Waals surface area contributed by atoms with Crippen LogP contribution in [0.1, 0.15) is 43.4 Å². The van der Waals surface area contributed by atoms with Crippen molar-refractivity contribution in [2.24, 2.45) is 0 Å². The number of nitrogens with zero attached hydrogens (tertiary/aromatic N) is 2. The number of aromatic amines is 1. The van der Waals surface area contributed by atoms with E-state index in [2.05, 4.69) is 9.88 Å². The fourth-order valence-corrected chi connectivity index (χ4v) is 3.62. The molecule has 3 rings (SSSR count). The van der Waals surface area contributed by atoms with Crippen LogP contribution in [0.15, 0.2) is 16.9 Å². The van der Waals surface area contributed by atoms with E-state index in [0.29, 0.717) is 36.0 Å². The summed E-state index contributed by atoms with van der Waals surface area (Å²) in [4.78, 5) is 22.4. The Morgan fingerprint density at radius 1 is 1.26 bits per heavy atom. The number of aromatic nitrogens is 2. The number of methoxy groups -OCH3 is 2. The Morgan fingerprint density at radius 3 is 2.63 bits per heavy atom. The Bertz CT molecular complexity index is 903. The van der Waals surface area contributed by atoms with E-state index in [-0.39, 0.29) is 11.0 Å². The van der Waals surface area contributed by atoms with Gasteiger partial charge in [0.15, 0.2) is 11.5 Å². The summed E-state index contributed by atoms with van der Waals surface area (Å²) in [6.07, 6.45) is 0.684. The summed E-state index contributed by atoms with van der Waals surface area (Å²) < 4.78 is 10.7. The minimum Gasteiger partial charge on any atom is -0.493 e. The molecule has 27 heavy (non-hydrogen) atoms. The second kappa shape index (κ2) is 7.52. The molecule has 2 heterocycles. The standard InChI is InChI=1S/C20H26ClN3O3/c1-20(2,3)19-22-15-11-24(7-6-13(15)18(25)23-19)10-12-8-14(21)17(27-5)16(9-12)26-4/h8-9H,6-7,10-11H2,1-5H3,(H,22,23,25). The second-order valence-corrected chi connectivity index (χ2v) is 8.27. The monoisotopic (exact) mass is 391 g/mol. The number of benzene rings is 1. The summed E-state index contributed by atoms with van der Waals surface area (Å²) in [6.45, 7) is 8.25. The van der Waals surface area contributed by atoms with E-state index in [9.17, 15) is 4.79 Å². The molecule has 1 aromatic carbocycles. The van der Waals surface area contributed by atoms with Crippen molar-refractivity contribution < 1.29 is 9.47 Å². The fourth-order valence-electron chi connectivity index (χ4n) is 3.30. The van der Waals surface area contributed by atoms with Gasteiger partial charge in [0.25, 0.3) is 5.56 Å². The van der Waals surface area contributed by atoms with Gasteiger partial charge in [-0.1, -0.05) is 32.4 Å². The lowest BCUT2D eigenvalue weighted by Gasteiger charge is -2.29. The van der Waals surface area contributed by atoms with Gasteiger partial charge in [-0.15, -0.1) is 0 Å². The van der Waals surface area contributed by atoms with Crippen molar-refractivity contribution in [2.75, 3.05) is 20.8 Å². The van der Waals surface area contributed by atoms with E-state index in [1.165, 1.54) is 0 Å². The molecule has 1 N–H and O–H groups in total. The summed E-state index contributed by atoms with van der Waals surface area (Å²) in [5.74, 6) is 1.87. The Hall–Kier alpha value is -2.05. The first-order valence-electron chi connectivity index (χ1n) is 8.98. The van der Waals surface area contributed by atoms with Gasteiger partial charge in [-0.25, -0.2) is 4.98 Å². The number of hydrogen-bond acceptors (Lipinski definition) is 5. The molecular formula is C20H26ClN3O3. The quantitative estimate of drug-likeness (QED) is 0.866. The minimum atomic E-state index is -0.201. The van der Waals surface area contributed by atoms with E-state index in [4.69, 9.17) is 26.1 Å². The smallest absolute Gasteiger partial charge is 0.254 e. The second-order valence-electron chi connectivity index (χ2n) is 7.86. The third kappa shape index (κ3) is 4.12. The SMILES string of the molecule is COc1cc(CN2CCc3c(nc(C(C)(C)C)[nH]c3=O)C2)cc(Cl)c1OC. The maximum absolute atomic E-state index is 12.4. The zero-order chi connectivity index (χ0) is 19.8. The predicted molar refractivity (Wildman–Crippen MR) is 106 cm³/mol. The van der Waals surface area contributed by atoms with Crippen molar-refractivity contribution >= 4 is 11.6 Å². The molecule has 0 fully saturated rings. The van der Waals surface area contributed by atoms with Gasteiger partial charge < -0.3 is 14.5 Å². The van der Waals surface area contributed by atoms with Gasteiger partial charge in [-0.05, 0) is 24.1 Å². The third-order valence-electron chi connectivity index (χ3n) is 4.76. The van der Waals surface area contributed by atoms with E-state index in [0.717, 1.165) is 29.2 Å². The molecular weight excluding hydrogens is 366 g/mol. The Labute approximate surface area is 164 Å². The molecule has 0 aliphatic carbocycles. The maximum atomic E-state index is 12.4. The van der Waals surface area contributed by atoms with Crippen LogP contribution < -0.4 is 15.0 Å². The van der Waals surface area contributed by atoms with Crippen LogP contribution in [0.25, 0.3) is 0 Å². The van der Waals surface area contributed by atoms with Gasteiger partial charge >= 0.3 is 0 Å². The highest BCUT2D eigenvalue weighted by atomic mass is 35.5. The molecule has 6 nitrogen and oxygen atoms in total. The van der Waals surface area contributed by atoms with Crippen LogP contribution >= 0.6 is 11.6 Å². The lowest BCUT2D eigenvalue weighted by molar-refractivity contribution is 0.239. The molecule has 7 heteroatoms. The highest BCUT2D eigenvalue weighted by Crippen LogP contribution is 2.36. The van der Waals surface area contributed by atoms with Crippen LogP contribution in [-0.4, -0.2) is 35.6 Å². The highest BCUT2D eigenvalue weighted by molar-refractivity contribution is 6.32. The van der Waals surface area contributed by atoms with Gasteiger partial charge in [-0.2, -0.15) is 0 Å². The topological polar surface area (TPSA) is 67.5 Å². The van der Waals surface area contributed by atoms with E-state index in [1.54, 1.807) is 14.2 Å². The molecule has 2 aromatic rings. The number of H-pyrrole nitrogens is 1. The van der Waals surface area contributed by atoms with Gasteiger partial charge in [-0.3, -0.25) is 9.69 Å². The van der Waals surface area contributed by atoms with E-state index < -0.39 is 0 Å². The molecule has 0 amide bonds. The van der Waals surface area contributed by atoms with Crippen LogP contribution in [0.5, 0.6) is 11.5 Å². The van der Waals surface area contributed by atoms with Crippen molar-refractivity contribution in [3.63, 3.8) is 0 Å². The van der Waals surface area contributed by atoms with Gasteiger partial charge in [0.2, 0.25) is 0 Å². The van der Waals surface area contributed by atoms with Crippen LogP contribution in [0.2, 0.25) is 5.02 Å². The average Bonchev–Trinajstić information content (AvgIpc) is 2.60. The molecule has 0 spiro atoms. The summed E-state index contributed by atoms with van der Waals surface area (Å²) in [5.41, 5.74) is 2.47. The summed E-state index contributed by atoms with van der Waals surface area (Å²) >= 11 is 6.32. The van der Waals surface area contributed by atoms with Gasteiger partial charge in [0.1, 0.15) is 5.82 Å². The molecule has 0 bridgehead atoms. The Kier molecular flexibility index (Phi) is 5.49. The van der Waals surface area contributed by atoms with E-state index in [1.807, 2.05) is 32.9 Å². The number of nitrogens with one attached hydrogen (secondary N) is 1. The van der Waals surface area contributed by atoms with Gasteiger partial charge in [0, 0.05) is 30.6 Å². The number of fused-ring (bicyclic) bond motifs is 1. The largest absolute Gasteiger partial charge is 0.493 e. The summed E-state index contributed by atoms with van der Waals surface area (Å²) in [7, 11) is 3.17. The highest BCUT2D eigenvalue weighted by Gasteiger charge is 2.25. The number of rotatable bonds is 4. The lowest BCUT2D eigenvalue weighted by atomic mass is 9.95. The number of halogens is 1. The Balaban J connectivity index is 1.86. The first-order valence-corrected chi connectivity index (χ1v) is 9.36. The molecule has 1 aliphatic heterocycles. The van der Waals surface area contributed by atoms with Crippen molar-refractivity contribution in [1.29, 1.82) is 0 Å². The summed E-state index contributed by atoms with van der Waals surface area (Å²) in [5, 5.41) is 0.522. The minimum absolute atomic E-state index is 0.0151. The maximum Gasteiger partial charge on any atom is 0.254 e. The van der Waals surface area contributed by atoms with Crippen LogP contribution in [0, 0.1) is 0 Å². The molecule has 0 atom stereocenters. The average molecular weight is 392 g/mol. The number of ether oxygens (including phenoxy) is 2. The number of hydrogen-bond donors (Lipinski definition) is 1. The first-order chi connectivity index (χ1) is 12.7. The zero-order valence-electron chi connectivity index (χ0n) is 16.5. The normalized spacial score (nSPS) is 14.7. The van der Waals surface area contributed by atoms with Crippen molar-refractivity contribution in [3.05, 3.63) is 50.2 Å². The fraction of sp³-hybridized carbons (Fsp3) is 0.500. The van der Waals surface area contributed by atoms with Crippen molar-refractivity contribution in [1.82, 2.24) is 14.9 Å². The Morgan fingerprint density at radius 2 is 2.00 bits per heavy atom.